The van der Waals surface area contributed by atoms with Crippen molar-refractivity contribution in [3.63, 3.8) is 0 Å². The minimum atomic E-state index is -0.448. The van der Waals surface area contributed by atoms with Crippen LogP contribution in [0.5, 0.6) is 5.88 Å². The molecule has 2 heterocycles. The Morgan fingerprint density at radius 2 is 2.07 bits per heavy atom. The normalized spacial score (nSPS) is 10.0. The summed E-state index contributed by atoms with van der Waals surface area (Å²) in [6.07, 6.45) is 5.61. The number of methoxy groups -OCH3 is 1. The summed E-state index contributed by atoms with van der Waals surface area (Å²) in [5.41, 5.74) is 0.783. The van der Waals surface area contributed by atoms with Gasteiger partial charge >= 0.3 is 0 Å². The number of hydrogen-bond donors (Lipinski definition) is 0. The maximum absolute atomic E-state index is 13.4. The molecule has 0 fully saturated rings. The van der Waals surface area contributed by atoms with Crippen LogP contribution in [0.4, 0.5) is 4.39 Å². The molecule has 76 valence electrons. The highest BCUT2D eigenvalue weighted by Gasteiger charge is 2.08. The minimum absolute atomic E-state index is 0.329. The monoisotopic (exact) mass is 205 g/mol. The van der Waals surface area contributed by atoms with E-state index < -0.39 is 5.82 Å². The van der Waals surface area contributed by atoms with Gasteiger partial charge in [-0.3, -0.25) is 9.97 Å². The highest BCUT2D eigenvalue weighted by Crippen LogP contribution is 2.22. The molecule has 0 spiro atoms. The van der Waals surface area contributed by atoms with E-state index in [1.807, 2.05) is 0 Å². The van der Waals surface area contributed by atoms with Gasteiger partial charge in [-0.2, -0.15) is 0 Å². The molecule has 0 saturated carbocycles. The fourth-order valence-electron chi connectivity index (χ4n) is 1.17. The first-order chi connectivity index (χ1) is 7.31. The van der Waals surface area contributed by atoms with Crippen LogP contribution in [0.2, 0.25) is 0 Å². The molecular weight excluding hydrogens is 197 g/mol. The molecular formula is C10H8FN3O. The van der Waals surface area contributed by atoms with Crippen LogP contribution in [0, 0.1) is 5.82 Å². The predicted molar refractivity (Wildman–Crippen MR) is 51.8 cm³/mol. The Morgan fingerprint density at radius 3 is 2.73 bits per heavy atom. The average Bonchev–Trinajstić information content (AvgIpc) is 2.31. The molecule has 0 atom stereocenters. The third-order valence-corrected chi connectivity index (χ3v) is 1.88. The topological polar surface area (TPSA) is 47.9 Å². The van der Waals surface area contributed by atoms with E-state index in [4.69, 9.17) is 4.74 Å². The first-order valence-corrected chi connectivity index (χ1v) is 4.27. The van der Waals surface area contributed by atoms with Crippen molar-refractivity contribution in [3.8, 4) is 17.1 Å². The van der Waals surface area contributed by atoms with Crippen molar-refractivity contribution < 1.29 is 9.13 Å². The summed E-state index contributed by atoms with van der Waals surface area (Å²) in [7, 11) is 1.47. The molecule has 2 rings (SSSR count). The first kappa shape index (κ1) is 9.51. The van der Waals surface area contributed by atoms with Crippen LogP contribution in [0.1, 0.15) is 0 Å². The molecule has 0 N–H and O–H groups in total. The summed E-state index contributed by atoms with van der Waals surface area (Å²) in [5.74, 6) is -0.103. The lowest BCUT2D eigenvalue weighted by atomic mass is 10.2. The van der Waals surface area contributed by atoms with Crippen molar-refractivity contribution in [3.05, 3.63) is 36.7 Å². The standard InChI is InChI=1S/C10H8FN3O/c1-15-10-4-7(8(11)5-14-10)9-6-12-2-3-13-9/h2-6H,1H3. The molecule has 2 aromatic rings. The molecule has 0 saturated heterocycles. The average molecular weight is 205 g/mol. The van der Waals surface area contributed by atoms with Gasteiger partial charge in [-0.1, -0.05) is 0 Å². The van der Waals surface area contributed by atoms with Crippen molar-refractivity contribution in [1.29, 1.82) is 0 Å². The number of halogens is 1. The molecule has 5 heteroatoms. The molecule has 0 radical (unpaired) electrons. The Balaban J connectivity index is 2.52. The van der Waals surface area contributed by atoms with E-state index in [1.54, 1.807) is 0 Å². The van der Waals surface area contributed by atoms with Gasteiger partial charge in [0.1, 0.15) is 0 Å². The maximum Gasteiger partial charge on any atom is 0.213 e. The molecule has 2 aromatic heterocycles. The van der Waals surface area contributed by atoms with Crippen LogP contribution in [0.3, 0.4) is 0 Å². The summed E-state index contributed by atoms with van der Waals surface area (Å²) in [6.45, 7) is 0. The van der Waals surface area contributed by atoms with E-state index in [0.717, 1.165) is 6.20 Å². The Kier molecular flexibility index (Phi) is 2.53. The zero-order valence-corrected chi connectivity index (χ0v) is 8.01. The van der Waals surface area contributed by atoms with Crippen LogP contribution in [-0.2, 0) is 0 Å². The summed E-state index contributed by atoms with van der Waals surface area (Å²) < 4.78 is 18.3. The van der Waals surface area contributed by atoms with E-state index in [-0.39, 0.29) is 0 Å². The fourth-order valence-corrected chi connectivity index (χ4v) is 1.17. The van der Waals surface area contributed by atoms with Gasteiger partial charge in [-0.25, -0.2) is 9.37 Å². The van der Waals surface area contributed by atoms with E-state index in [0.29, 0.717) is 17.1 Å². The highest BCUT2D eigenvalue weighted by molar-refractivity contribution is 5.59. The van der Waals surface area contributed by atoms with E-state index in [2.05, 4.69) is 15.0 Å². The molecule has 0 unspecified atom stereocenters. The van der Waals surface area contributed by atoms with Crippen LogP contribution < -0.4 is 4.74 Å². The summed E-state index contributed by atoms with van der Waals surface area (Å²) in [5, 5.41) is 0. The molecule has 0 aliphatic carbocycles. The maximum atomic E-state index is 13.4. The largest absolute Gasteiger partial charge is 0.481 e. The summed E-state index contributed by atoms with van der Waals surface area (Å²) in [4.78, 5) is 11.6. The lowest BCUT2D eigenvalue weighted by Gasteiger charge is -2.03. The summed E-state index contributed by atoms with van der Waals surface area (Å²) >= 11 is 0. The van der Waals surface area contributed by atoms with E-state index in [9.17, 15) is 4.39 Å². The lowest BCUT2D eigenvalue weighted by Crippen LogP contribution is -1.93. The van der Waals surface area contributed by atoms with Crippen molar-refractivity contribution >= 4 is 0 Å². The van der Waals surface area contributed by atoms with Crippen molar-refractivity contribution in [2.45, 2.75) is 0 Å². The number of nitrogens with zero attached hydrogens (tertiary/aromatic N) is 3. The van der Waals surface area contributed by atoms with Gasteiger partial charge in [-0.05, 0) is 0 Å². The zero-order valence-electron chi connectivity index (χ0n) is 8.01. The Labute approximate surface area is 85.8 Å². The molecule has 0 amide bonds. The van der Waals surface area contributed by atoms with Gasteiger partial charge in [0.2, 0.25) is 5.88 Å². The molecule has 0 bridgehead atoms. The number of hydrogen-bond acceptors (Lipinski definition) is 4. The van der Waals surface area contributed by atoms with Gasteiger partial charge in [0.15, 0.2) is 5.82 Å². The van der Waals surface area contributed by atoms with Crippen LogP contribution >= 0.6 is 0 Å². The first-order valence-electron chi connectivity index (χ1n) is 4.27. The number of rotatable bonds is 2. The van der Waals surface area contributed by atoms with Crippen molar-refractivity contribution in [1.82, 2.24) is 15.0 Å². The zero-order chi connectivity index (χ0) is 10.7. The Bertz CT molecular complexity index is 461. The molecule has 0 aromatic carbocycles. The SMILES string of the molecule is COc1cc(-c2cnccn2)c(F)cn1. The van der Waals surface area contributed by atoms with E-state index in [1.165, 1.54) is 31.8 Å². The van der Waals surface area contributed by atoms with Gasteiger partial charge in [0, 0.05) is 24.0 Å². The highest BCUT2D eigenvalue weighted by atomic mass is 19.1. The summed E-state index contributed by atoms with van der Waals surface area (Å²) in [6, 6.07) is 1.49. The molecule has 4 nitrogen and oxygen atoms in total. The second kappa shape index (κ2) is 4.00. The number of ether oxygens (including phenoxy) is 1. The molecule has 0 aliphatic rings. The van der Waals surface area contributed by atoms with Crippen LogP contribution in [0.15, 0.2) is 30.9 Å². The quantitative estimate of drug-likeness (QED) is 0.748. The van der Waals surface area contributed by atoms with Gasteiger partial charge < -0.3 is 4.74 Å². The second-order valence-corrected chi connectivity index (χ2v) is 2.80. The Hall–Kier alpha value is -2.04. The van der Waals surface area contributed by atoms with Crippen LogP contribution in [0.25, 0.3) is 11.3 Å². The fraction of sp³-hybridized carbons (Fsp3) is 0.100. The molecule has 15 heavy (non-hydrogen) atoms. The second-order valence-electron chi connectivity index (χ2n) is 2.80. The van der Waals surface area contributed by atoms with E-state index >= 15 is 0 Å². The van der Waals surface area contributed by atoms with Gasteiger partial charge in [0.05, 0.1) is 25.2 Å². The molecule has 0 aliphatic heterocycles. The Morgan fingerprint density at radius 1 is 1.20 bits per heavy atom. The van der Waals surface area contributed by atoms with Crippen LogP contribution in [-0.4, -0.2) is 22.1 Å². The van der Waals surface area contributed by atoms with Crippen molar-refractivity contribution in [2.24, 2.45) is 0 Å². The number of aromatic nitrogens is 3. The number of pyridine rings is 1. The lowest BCUT2D eigenvalue weighted by molar-refractivity contribution is 0.396. The van der Waals surface area contributed by atoms with Gasteiger partial charge in [-0.15, -0.1) is 0 Å². The third-order valence-electron chi connectivity index (χ3n) is 1.88. The van der Waals surface area contributed by atoms with Gasteiger partial charge in [0.25, 0.3) is 0 Å². The predicted octanol–water partition coefficient (Wildman–Crippen LogP) is 1.69. The smallest absolute Gasteiger partial charge is 0.213 e. The third kappa shape index (κ3) is 1.90. The van der Waals surface area contributed by atoms with Crippen molar-refractivity contribution in [2.75, 3.05) is 7.11 Å². The minimum Gasteiger partial charge on any atom is -0.481 e.